The normalized spacial score (nSPS) is 11.4. The number of ether oxygens (including phenoxy) is 1. The molecule has 3 rings (SSSR count). The number of para-hydroxylation sites is 2. The van der Waals surface area contributed by atoms with Crippen molar-refractivity contribution in [2.45, 2.75) is 19.6 Å². The summed E-state index contributed by atoms with van der Waals surface area (Å²) in [6, 6.07) is 27.5. The number of benzene rings is 3. The first-order chi connectivity index (χ1) is 13.2. The maximum Gasteiger partial charge on any atom is 0.239 e. The largest absolute Gasteiger partial charge is 0.487 e. The molecule has 2 N–H and O–H groups in total. The van der Waals surface area contributed by atoms with Crippen molar-refractivity contribution in [3.63, 3.8) is 0 Å². The van der Waals surface area contributed by atoms with Gasteiger partial charge in [-0.2, -0.15) is 0 Å². The Morgan fingerprint density at radius 3 is 2.26 bits per heavy atom. The van der Waals surface area contributed by atoms with Crippen molar-refractivity contribution in [2.24, 2.45) is 0 Å². The summed E-state index contributed by atoms with van der Waals surface area (Å²) in [6.45, 7) is 2.64. The van der Waals surface area contributed by atoms with Gasteiger partial charge in [-0.25, -0.2) is 0 Å². The molecule has 0 saturated carbocycles. The van der Waals surface area contributed by atoms with Crippen molar-refractivity contribution in [3.05, 3.63) is 96.1 Å². The van der Waals surface area contributed by atoms with Crippen LogP contribution in [0.15, 0.2) is 84.9 Å². The van der Waals surface area contributed by atoms with Crippen LogP contribution < -0.4 is 15.4 Å². The molecule has 138 valence electrons. The van der Waals surface area contributed by atoms with Crippen LogP contribution in [0.1, 0.15) is 24.1 Å². The monoisotopic (exact) mass is 360 g/mol. The van der Waals surface area contributed by atoms with Crippen molar-refractivity contribution in [1.82, 2.24) is 5.32 Å². The van der Waals surface area contributed by atoms with Gasteiger partial charge in [0.05, 0.1) is 18.3 Å². The molecule has 1 atom stereocenters. The molecule has 3 aromatic rings. The van der Waals surface area contributed by atoms with Crippen molar-refractivity contribution < 1.29 is 9.53 Å². The number of amides is 1. The third-order valence-electron chi connectivity index (χ3n) is 4.24. The molecule has 0 bridgehead atoms. The van der Waals surface area contributed by atoms with Crippen molar-refractivity contribution in [2.75, 3.05) is 11.9 Å². The fourth-order valence-corrected chi connectivity index (χ4v) is 2.77. The van der Waals surface area contributed by atoms with Gasteiger partial charge in [0.25, 0.3) is 0 Å². The molecule has 4 heteroatoms. The smallest absolute Gasteiger partial charge is 0.239 e. The quantitative estimate of drug-likeness (QED) is 0.619. The second-order valence-corrected chi connectivity index (χ2v) is 6.32. The topological polar surface area (TPSA) is 50.4 Å². The molecule has 0 fully saturated rings. The minimum Gasteiger partial charge on any atom is -0.487 e. The Morgan fingerprint density at radius 2 is 1.52 bits per heavy atom. The molecule has 0 spiro atoms. The van der Waals surface area contributed by atoms with Gasteiger partial charge in [0.2, 0.25) is 5.91 Å². The van der Waals surface area contributed by atoms with Gasteiger partial charge in [-0.3, -0.25) is 4.79 Å². The Balaban J connectivity index is 1.54. The van der Waals surface area contributed by atoms with Crippen molar-refractivity contribution in [3.8, 4) is 5.75 Å². The number of carbonyl (C=O) groups excluding carboxylic acids is 1. The zero-order valence-electron chi connectivity index (χ0n) is 15.4. The predicted octanol–water partition coefficient (Wildman–Crippen LogP) is 4.55. The number of rotatable bonds is 8. The van der Waals surface area contributed by atoms with Crippen LogP contribution in [0.5, 0.6) is 5.75 Å². The highest BCUT2D eigenvalue weighted by Crippen LogP contribution is 2.24. The van der Waals surface area contributed by atoms with Gasteiger partial charge in [0.1, 0.15) is 12.4 Å². The summed E-state index contributed by atoms with van der Waals surface area (Å²) in [5.41, 5.74) is 2.98. The number of hydrogen-bond donors (Lipinski definition) is 2. The Hall–Kier alpha value is -3.27. The van der Waals surface area contributed by atoms with Crippen molar-refractivity contribution in [1.29, 1.82) is 0 Å². The van der Waals surface area contributed by atoms with E-state index in [1.807, 2.05) is 91.9 Å². The molecule has 0 heterocycles. The summed E-state index contributed by atoms with van der Waals surface area (Å²) in [5.74, 6) is 0.662. The van der Waals surface area contributed by atoms with Crippen LogP contribution in [0, 0.1) is 0 Å². The van der Waals surface area contributed by atoms with Crippen LogP contribution in [-0.4, -0.2) is 12.5 Å². The minimum absolute atomic E-state index is 0.0370. The maximum absolute atomic E-state index is 12.3. The molecule has 1 amide bonds. The lowest BCUT2D eigenvalue weighted by Gasteiger charge is -2.16. The summed E-state index contributed by atoms with van der Waals surface area (Å²) >= 11 is 0. The minimum atomic E-state index is -0.0655. The average molecular weight is 360 g/mol. The third kappa shape index (κ3) is 5.61. The Bertz CT molecular complexity index is 851. The summed E-state index contributed by atoms with van der Waals surface area (Å²) in [4.78, 5) is 12.3. The summed E-state index contributed by atoms with van der Waals surface area (Å²) < 4.78 is 5.91. The molecule has 0 aliphatic heterocycles. The van der Waals surface area contributed by atoms with E-state index in [1.54, 1.807) is 0 Å². The molecule has 1 unspecified atom stereocenters. The van der Waals surface area contributed by atoms with E-state index < -0.39 is 0 Å². The van der Waals surface area contributed by atoms with E-state index in [1.165, 1.54) is 0 Å². The Labute approximate surface area is 160 Å². The fourth-order valence-electron chi connectivity index (χ4n) is 2.77. The standard InChI is InChI=1S/C23H24N2O2/c1-18(20-12-6-3-7-13-20)25-23(26)16-24-21-14-8-9-15-22(21)27-17-19-10-4-2-5-11-19/h2-15,18,24H,16-17H2,1H3,(H,25,26). The number of nitrogens with one attached hydrogen (secondary N) is 2. The number of hydrogen-bond acceptors (Lipinski definition) is 3. The lowest BCUT2D eigenvalue weighted by molar-refractivity contribution is -0.120. The lowest BCUT2D eigenvalue weighted by atomic mass is 10.1. The molecule has 3 aromatic carbocycles. The highest BCUT2D eigenvalue weighted by atomic mass is 16.5. The predicted molar refractivity (Wildman–Crippen MR) is 109 cm³/mol. The van der Waals surface area contributed by atoms with E-state index in [0.717, 1.165) is 22.6 Å². The highest BCUT2D eigenvalue weighted by molar-refractivity contribution is 5.81. The molecule has 4 nitrogen and oxygen atoms in total. The molecular weight excluding hydrogens is 336 g/mol. The third-order valence-corrected chi connectivity index (χ3v) is 4.24. The molecule has 27 heavy (non-hydrogen) atoms. The summed E-state index contributed by atoms with van der Waals surface area (Å²) in [7, 11) is 0. The van der Waals surface area contributed by atoms with E-state index in [9.17, 15) is 4.79 Å². The van der Waals surface area contributed by atoms with Gasteiger partial charge in [0.15, 0.2) is 0 Å². The molecular formula is C23H24N2O2. The fraction of sp³-hybridized carbons (Fsp3) is 0.174. The van der Waals surface area contributed by atoms with Crippen LogP contribution in [-0.2, 0) is 11.4 Å². The molecule has 0 aliphatic rings. The zero-order chi connectivity index (χ0) is 18.9. The van der Waals surface area contributed by atoms with E-state index in [-0.39, 0.29) is 18.5 Å². The lowest BCUT2D eigenvalue weighted by Crippen LogP contribution is -2.32. The van der Waals surface area contributed by atoms with Gasteiger partial charge in [-0.1, -0.05) is 72.8 Å². The zero-order valence-corrected chi connectivity index (χ0v) is 15.4. The van der Waals surface area contributed by atoms with Crippen LogP contribution in [0.4, 0.5) is 5.69 Å². The maximum atomic E-state index is 12.3. The van der Waals surface area contributed by atoms with Gasteiger partial charge < -0.3 is 15.4 Å². The summed E-state index contributed by atoms with van der Waals surface area (Å²) in [5, 5.41) is 6.17. The average Bonchev–Trinajstić information content (AvgIpc) is 2.72. The van der Waals surface area contributed by atoms with Gasteiger partial charge >= 0.3 is 0 Å². The second-order valence-electron chi connectivity index (χ2n) is 6.32. The molecule has 0 saturated heterocycles. The van der Waals surface area contributed by atoms with E-state index >= 15 is 0 Å². The second kappa shape index (κ2) is 9.43. The number of carbonyl (C=O) groups is 1. The van der Waals surface area contributed by atoms with E-state index in [0.29, 0.717) is 6.61 Å². The first kappa shape index (κ1) is 18.5. The highest BCUT2D eigenvalue weighted by Gasteiger charge is 2.10. The van der Waals surface area contributed by atoms with Gasteiger partial charge in [-0.05, 0) is 30.2 Å². The summed E-state index contributed by atoms with van der Waals surface area (Å²) in [6.07, 6.45) is 0. The van der Waals surface area contributed by atoms with E-state index in [2.05, 4.69) is 10.6 Å². The van der Waals surface area contributed by atoms with Crippen molar-refractivity contribution >= 4 is 11.6 Å². The Morgan fingerprint density at radius 1 is 0.889 bits per heavy atom. The van der Waals surface area contributed by atoms with Crippen LogP contribution >= 0.6 is 0 Å². The first-order valence-electron chi connectivity index (χ1n) is 9.06. The van der Waals surface area contributed by atoms with Gasteiger partial charge in [0, 0.05) is 0 Å². The van der Waals surface area contributed by atoms with Crippen LogP contribution in [0.25, 0.3) is 0 Å². The number of anilines is 1. The SMILES string of the molecule is CC(NC(=O)CNc1ccccc1OCc1ccccc1)c1ccccc1. The van der Waals surface area contributed by atoms with Gasteiger partial charge in [-0.15, -0.1) is 0 Å². The molecule has 0 aliphatic carbocycles. The van der Waals surface area contributed by atoms with E-state index in [4.69, 9.17) is 4.74 Å². The molecule has 0 aromatic heterocycles. The van der Waals surface area contributed by atoms with Crippen LogP contribution in [0.2, 0.25) is 0 Å². The first-order valence-corrected chi connectivity index (χ1v) is 9.06. The Kier molecular flexibility index (Phi) is 6.47. The van der Waals surface area contributed by atoms with Crippen LogP contribution in [0.3, 0.4) is 0 Å². The molecule has 0 radical (unpaired) electrons.